The SMILES string of the molecule is O=C(c1cccc(S(=O)(=O)NC2CC2)c1)N1CCC(C2OCCO2)CC1. The van der Waals surface area contributed by atoms with Crippen molar-refractivity contribution in [3.63, 3.8) is 0 Å². The number of carbonyl (C=O) groups is 1. The van der Waals surface area contributed by atoms with E-state index in [1.54, 1.807) is 17.0 Å². The Hall–Kier alpha value is -1.48. The van der Waals surface area contributed by atoms with Gasteiger partial charge in [-0.1, -0.05) is 6.07 Å². The molecule has 1 aliphatic carbocycles. The first kappa shape index (κ1) is 17.9. The summed E-state index contributed by atoms with van der Waals surface area (Å²) in [6.07, 6.45) is 3.27. The quantitative estimate of drug-likeness (QED) is 0.834. The highest BCUT2D eigenvalue weighted by molar-refractivity contribution is 7.89. The molecule has 0 atom stereocenters. The second kappa shape index (κ2) is 7.26. The van der Waals surface area contributed by atoms with Crippen molar-refractivity contribution >= 4 is 15.9 Å². The zero-order chi connectivity index (χ0) is 18.1. The van der Waals surface area contributed by atoms with Crippen molar-refractivity contribution in [2.24, 2.45) is 5.92 Å². The molecule has 3 fully saturated rings. The van der Waals surface area contributed by atoms with Crippen LogP contribution in [0.1, 0.15) is 36.0 Å². The molecular formula is C18H24N2O5S. The Balaban J connectivity index is 1.41. The summed E-state index contributed by atoms with van der Waals surface area (Å²) in [5.74, 6) is 0.191. The van der Waals surface area contributed by atoms with E-state index in [1.165, 1.54) is 12.1 Å². The number of hydrogen-bond acceptors (Lipinski definition) is 5. The fourth-order valence-electron chi connectivity index (χ4n) is 3.49. The van der Waals surface area contributed by atoms with E-state index in [0.717, 1.165) is 25.7 Å². The van der Waals surface area contributed by atoms with Crippen LogP contribution in [-0.2, 0) is 19.5 Å². The van der Waals surface area contributed by atoms with Crippen LogP contribution in [0.4, 0.5) is 0 Å². The van der Waals surface area contributed by atoms with Gasteiger partial charge in [-0.2, -0.15) is 0 Å². The molecule has 1 aromatic rings. The summed E-state index contributed by atoms with van der Waals surface area (Å²) in [6.45, 7) is 2.54. The van der Waals surface area contributed by atoms with Crippen LogP contribution in [0.15, 0.2) is 29.2 Å². The van der Waals surface area contributed by atoms with Crippen molar-refractivity contribution in [1.82, 2.24) is 9.62 Å². The molecule has 1 N–H and O–H groups in total. The molecule has 0 spiro atoms. The maximum absolute atomic E-state index is 12.8. The fraction of sp³-hybridized carbons (Fsp3) is 0.611. The number of benzene rings is 1. The fourth-order valence-corrected chi connectivity index (χ4v) is 4.84. The molecule has 142 valence electrons. The molecule has 3 aliphatic rings. The Bertz CT molecular complexity index is 764. The molecule has 2 heterocycles. The molecular weight excluding hydrogens is 356 g/mol. The average molecular weight is 380 g/mol. The van der Waals surface area contributed by atoms with Gasteiger partial charge < -0.3 is 14.4 Å². The number of rotatable bonds is 5. The summed E-state index contributed by atoms with van der Waals surface area (Å²) in [5, 5.41) is 0. The molecule has 26 heavy (non-hydrogen) atoms. The van der Waals surface area contributed by atoms with Crippen molar-refractivity contribution in [3.8, 4) is 0 Å². The van der Waals surface area contributed by atoms with Gasteiger partial charge in [0.2, 0.25) is 10.0 Å². The lowest BCUT2D eigenvalue weighted by atomic mass is 9.95. The van der Waals surface area contributed by atoms with Gasteiger partial charge in [0.1, 0.15) is 0 Å². The Morgan fingerprint density at radius 3 is 2.42 bits per heavy atom. The first-order valence-corrected chi connectivity index (χ1v) is 10.7. The second-order valence-corrected chi connectivity index (χ2v) is 8.88. The van der Waals surface area contributed by atoms with Gasteiger partial charge >= 0.3 is 0 Å². The highest BCUT2D eigenvalue weighted by atomic mass is 32.2. The van der Waals surface area contributed by atoms with Crippen molar-refractivity contribution in [2.45, 2.75) is 42.9 Å². The highest BCUT2D eigenvalue weighted by Gasteiger charge is 2.32. The van der Waals surface area contributed by atoms with Gasteiger partial charge in [-0.05, 0) is 43.9 Å². The van der Waals surface area contributed by atoms with E-state index in [0.29, 0.717) is 37.8 Å². The third-order valence-electron chi connectivity index (χ3n) is 5.15. The summed E-state index contributed by atoms with van der Waals surface area (Å²) >= 11 is 0. The van der Waals surface area contributed by atoms with Crippen LogP contribution in [0.25, 0.3) is 0 Å². The van der Waals surface area contributed by atoms with Gasteiger partial charge in [0.05, 0.1) is 18.1 Å². The first-order chi connectivity index (χ1) is 12.5. The Kier molecular flexibility index (Phi) is 5.00. The molecule has 8 heteroatoms. The molecule has 0 aromatic heterocycles. The van der Waals surface area contributed by atoms with Gasteiger partial charge in [-0.25, -0.2) is 13.1 Å². The zero-order valence-corrected chi connectivity index (χ0v) is 15.4. The molecule has 2 saturated heterocycles. The van der Waals surface area contributed by atoms with Crippen molar-refractivity contribution in [3.05, 3.63) is 29.8 Å². The largest absolute Gasteiger partial charge is 0.350 e. The minimum Gasteiger partial charge on any atom is -0.350 e. The standard InChI is InChI=1S/C18H24N2O5S/c21-17(20-8-6-13(7-9-20)18-24-10-11-25-18)14-2-1-3-16(12-14)26(22,23)19-15-4-5-15/h1-3,12-13,15,18-19H,4-11H2. The monoisotopic (exact) mass is 380 g/mol. The van der Waals surface area contributed by atoms with Crippen molar-refractivity contribution in [1.29, 1.82) is 0 Å². The molecule has 0 unspecified atom stereocenters. The molecule has 1 aromatic carbocycles. The normalized spacial score (nSPS) is 22.7. The summed E-state index contributed by atoms with van der Waals surface area (Å²) in [5.41, 5.74) is 0.412. The number of ether oxygens (including phenoxy) is 2. The number of piperidine rings is 1. The molecule has 1 saturated carbocycles. The maximum atomic E-state index is 12.8. The van der Waals surface area contributed by atoms with Crippen molar-refractivity contribution < 1.29 is 22.7 Å². The van der Waals surface area contributed by atoms with E-state index in [1.807, 2.05) is 0 Å². The lowest BCUT2D eigenvalue weighted by Gasteiger charge is -2.34. The van der Waals surface area contributed by atoms with Crippen LogP contribution in [0.2, 0.25) is 0 Å². The Morgan fingerprint density at radius 2 is 1.77 bits per heavy atom. The number of carbonyl (C=O) groups excluding carboxylic acids is 1. The predicted octanol–water partition coefficient (Wildman–Crippen LogP) is 1.35. The molecule has 1 amide bonds. The first-order valence-electron chi connectivity index (χ1n) is 9.18. The van der Waals surface area contributed by atoms with Crippen LogP contribution in [0, 0.1) is 5.92 Å². The molecule has 2 aliphatic heterocycles. The summed E-state index contributed by atoms with van der Waals surface area (Å²) in [7, 11) is -3.56. The van der Waals surface area contributed by atoms with Gasteiger partial charge in [-0.3, -0.25) is 4.79 Å². The van der Waals surface area contributed by atoms with Gasteiger partial charge in [0, 0.05) is 30.6 Å². The lowest BCUT2D eigenvalue weighted by molar-refractivity contribution is -0.0956. The van der Waals surface area contributed by atoms with Gasteiger partial charge in [-0.15, -0.1) is 0 Å². The Labute approximate surface area is 153 Å². The van der Waals surface area contributed by atoms with E-state index in [9.17, 15) is 13.2 Å². The molecule has 0 radical (unpaired) electrons. The summed E-state index contributed by atoms with van der Waals surface area (Å²) in [6, 6.07) is 6.35. The minimum atomic E-state index is -3.56. The highest BCUT2D eigenvalue weighted by Crippen LogP contribution is 2.27. The van der Waals surface area contributed by atoms with E-state index in [2.05, 4.69) is 4.72 Å². The number of hydrogen-bond donors (Lipinski definition) is 1. The third kappa shape index (κ3) is 3.93. The van der Waals surface area contributed by atoms with E-state index in [4.69, 9.17) is 9.47 Å². The number of amides is 1. The lowest BCUT2D eigenvalue weighted by Crippen LogP contribution is -2.41. The van der Waals surface area contributed by atoms with E-state index in [-0.39, 0.29) is 23.1 Å². The average Bonchev–Trinajstić information content (AvgIpc) is 3.29. The van der Waals surface area contributed by atoms with E-state index >= 15 is 0 Å². The van der Waals surface area contributed by atoms with Crippen LogP contribution in [0.3, 0.4) is 0 Å². The zero-order valence-electron chi connectivity index (χ0n) is 14.6. The van der Waals surface area contributed by atoms with Crippen LogP contribution < -0.4 is 4.72 Å². The van der Waals surface area contributed by atoms with Gasteiger partial charge in [0.15, 0.2) is 6.29 Å². The molecule has 4 rings (SSSR count). The molecule has 0 bridgehead atoms. The van der Waals surface area contributed by atoms with Crippen LogP contribution in [0.5, 0.6) is 0 Å². The predicted molar refractivity (Wildman–Crippen MR) is 94.1 cm³/mol. The topological polar surface area (TPSA) is 84.9 Å². The van der Waals surface area contributed by atoms with Gasteiger partial charge in [0.25, 0.3) is 5.91 Å². The number of nitrogens with one attached hydrogen (secondary N) is 1. The number of sulfonamides is 1. The molecule has 7 nitrogen and oxygen atoms in total. The number of likely N-dealkylation sites (tertiary alicyclic amines) is 1. The smallest absolute Gasteiger partial charge is 0.253 e. The van der Waals surface area contributed by atoms with E-state index < -0.39 is 10.0 Å². The summed E-state index contributed by atoms with van der Waals surface area (Å²) in [4.78, 5) is 14.7. The third-order valence-corrected chi connectivity index (χ3v) is 6.67. The second-order valence-electron chi connectivity index (χ2n) is 7.16. The Morgan fingerprint density at radius 1 is 1.08 bits per heavy atom. The minimum absolute atomic E-state index is 0.0402. The summed E-state index contributed by atoms with van der Waals surface area (Å²) < 4.78 is 38.5. The van der Waals surface area contributed by atoms with Crippen LogP contribution in [-0.4, -0.2) is 57.9 Å². The number of nitrogens with zero attached hydrogens (tertiary/aromatic N) is 1. The maximum Gasteiger partial charge on any atom is 0.253 e. The van der Waals surface area contributed by atoms with Crippen LogP contribution >= 0.6 is 0 Å². The van der Waals surface area contributed by atoms with Crippen molar-refractivity contribution in [2.75, 3.05) is 26.3 Å².